The molecule has 0 bridgehead atoms. The van der Waals surface area contributed by atoms with E-state index in [1.165, 1.54) is 0 Å². The van der Waals surface area contributed by atoms with E-state index in [2.05, 4.69) is 31.5 Å². The first-order valence-electron chi connectivity index (χ1n) is 11.2. The van der Waals surface area contributed by atoms with Crippen LogP contribution in [0.2, 0.25) is 0 Å². The first-order valence-corrected chi connectivity index (χ1v) is 12.0. The summed E-state index contributed by atoms with van der Waals surface area (Å²) in [6.45, 7) is 4.42. The third kappa shape index (κ3) is 4.67. The number of aromatic nitrogens is 4. The molecule has 2 aromatic carbocycles. The molecular formula is C26H23BrN6O2. The number of ether oxygens (including phenoxy) is 1. The van der Waals surface area contributed by atoms with Gasteiger partial charge in [-0.1, -0.05) is 28.1 Å². The molecule has 0 spiro atoms. The van der Waals surface area contributed by atoms with Gasteiger partial charge in [0, 0.05) is 21.9 Å². The lowest BCUT2D eigenvalue weighted by atomic mass is 9.95. The molecule has 3 heterocycles. The van der Waals surface area contributed by atoms with Crippen LogP contribution in [0.25, 0.3) is 11.4 Å². The van der Waals surface area contributed by atoms with Crippen LogP contribution in [-0.2, 0) is 4.79 Å². The summed E-state index contributed by atoms with van der Waals surface area (Å²) in [7, 11) is 0. The molecule has 1 amide bonds. The molecule has 1 atom stereocenters. The number of benzene rings is 2. The van der Waals surface area contributed by atoms with Crippen molar-refractivity contribution in [3.8, 4) is 17.1 Å². The molecule has 0 saturated carbocycles. The second-order valence-corrected chi connectivity index (χ2v) is 8.89. The summed E-state index contributed by atoms with van der Waals surface area (Å²) in [6.07, 6.45) is 3.28. The van der Waals surface area contributed by atoms with Crippen molar-refractivity contribution in [3.63, 3.8) is 0 Å². The van der Waals surface area contributed by atoms with Gasteiger partial charge in [-0.15, -0.1) is 5.10 Å². The number of rotatable bonds is 6. The second kappa shape index (κ2) is 9.71. The molecule has 1 aliphatic heterocycles. The lowest BCUT2D eigenvalue weighted by molar-refractivity contribution is -0.113. The fourth-order valence-corrected chi connectivity index (χ4v) is 4.29. The summed E-state index contributed by atoms with van der Waals surface area (Å²) in [4.78, 5) is 22.3. The van der Waals surface area contributed by atoms with Gasteiger partial charge in [-0.05, 0) is 67.9 Å². The van der Waals surface area contributed by atoms with Gasteiger partial charge in [0.2, 0.25) is 5.95 Å². The zero-order valence-corrected chi connectivity index (χ0v) is 20.8. The van der Waals surface area contributed by atoms with Gasteiger partial charge in [-0.2, -0.15) is 4.98 Å². The van der Waals surface area contributed by atoms with Gasteiger partial charge < -0.3 is 15.4 Å². The Kier molecular flexibility index (Phi) is 6.33. The summed E-state index contributed by atoms with van der Waals surface area (Å²) in [6, 6.07) is 18.6. The monoisotopic (exact) mass is 530 g/mol. The maximum atomic E-state index is 13.5. The molecule has 1 unspecified atom stereocenters. The molecular weight excluding hydrogens is 508 g/mol. The second-order valence-electron chi connectivity index (χ2n) is 7.97. The first-order chi connectivity index (χ1) is 17.0. The molecule has 9 heteroatoms. The number of hydrogen-bond donors (Lipinski definition) is 2. The van der Waals surface area contributed by atoms with E-state index in [9.17, 15) is 4.79 Å². The molecule has 0 saturated heterocycles. The van der Waals surface area contributed by atoms with E-state index in [1.54, 1.807) is 29.2 Å². The van der Waals surface area contributed by atoms with Gasteiger partial charge in [0.15, 0.2) is 5.82 Å². The van der Waals surface area contributed by atoms with Crippen molar-refractivity contribution in [1.29, 1.82) is 0 Å². The molecule has 4 aromatic rings. The molecule has 2 aromatic heterocycles. The van der Waals surface area contributed by atoms with Gasteiger partial charge in [-0.3, -0.25) is 9.78 Å². The summed E-state index contributed by atoms with van der Waals surface area (Å²) in [5.74, 6) is 1.68. The van der Waals surface area contributed by atoms with Crippen LogP contribution in [-0.4, -0.2) is 32.3 Å². The molecule has 35 heavy (non-hydrogen) atoms. The van der Waals surface area contributed by atoms with Crippen molar-refractivity contribution in [1.82, 2.24) is 19.7 Å². The van der Waals surface area contributed by atoms with Crippen LogP contribution >= 0.6 is 15.9 Å². The predicted molar refractivity (Wildman–Crippen MR) is 138 cm³/mol. The molecule has 0 aliphatic carbocycles. The minimum atomic E-state index is -0.472. The van der Waals surface area contributed by atoms with E-state index >= 15 is 0 Å². The van der Waals surface area contributed by atoms with Gasteiger partial charge in [-0.25, -0.2) is 4.68 Å². The van der Waals surface area contributed by atoms with E-state index in [0.717, 1.165) is 21.3 Å². The number of allylic oxidation sites excluding steroid dienone is 1. The number of amides is 1. The highest BCUT2D eigenvalue weighted by atomic mass is 79.9. The van der Waals surface area contributed by atoms with Crippen LogP contribution in [0.5, 0.6) is 5.75 Å². The first kappa shape index (κ1) is 22.8. The van der Waals surface area contributed by atoms with Crippen molar-refractivity contribution in [3.05, 3.63) is 94.4 Å². The Labute approximate surface area is 211 Å². The van der Waals surface area contributed by atoms with E-state index in [1.807, 2.05) is 62.4 Å². The molecule has 176 valence electrons. The van der Waals surface area contributed by atoms with Crippen molar-refractivity contribution in [2.45, 2.75) is 19.9 Å². The average Bonchev–Trinajstić information content (AvgIpc) is 3.28. The number of carbonyl (C=O) groups excluding carboxylic acids is 1. The molecule has 0 fully saturated rings. The predicted octanol–water partition coefficient (Wildman–Crippen LogP) is 5.43. The Morgan fingerprint density at radius 1 is 1.14 bits per heavy atom. The summed E-state index contributed by atoms with van der Waals surface area (Å²) < 4.78 is 8.26. The smallest absolute Gasteiger partial charge is 0.255 e. The SMILES string of the molecule is CCOc1ccc(-c2nc3n(n2)C(c2ccc(Br)cc2)C(C(=O)Nc2cccnc2)=C(C)N3)cc1. The fourth-order valence-electron chi connectivity index (χ4n) is 4.02. The molecule has 5 rings (SSSR count). The van der Waals surface area contributed by atoms with Gasteiger partial charge >= 0.3 is 0 Å². The number of carbonyl (C=O) groups is 1. The minimum Gasteiger partial charge on any atom is -0.494 e. The number of fused-ring (bicyclic) bond motifs is 1. The lowest BCUT2D eigenvalue weighted by Gasteiger charge is -2.28. The van der Waals surface area contributed by atoms with E-state index < -0.39 is 6.04 Å². The highest BCUT2D eigenvalue weighted by Crippen LogP contribution is 2.37. The molecule has 0 radical (unpaired) electrons. The summed E-state index contributed by atoms with van der Waals surface area (Å²) in [5.41, 5.74) is 3.64. The van der Waals surface area contributed by atoms with Crippen molar-refractivity contribution in [2.75, 3.05) is 17.2 Å². The van der Waals surface area contributed by atoms with Gasteiger partial charge in [0.1, 0.15) is 11.8 Å². The number of nitrogens with zero attached hydrogens (tertiary/aromatic N) is 4. The Bertz CT molecular complexity index is 1380. The van der Waals surface area contributed by atoms with Gasteiger partial charge in [0.05, 0.1) is 24.1 Å². The van der Waals surface area contributed by atoms with Crippen molar-refractivity contribution in [2.24, 2.45) is 0 Å². The number of halogens is 1. The maximum Gasteiger partial charge on any atom is 0.255 e. The van der Waals surface area contributed by atoms with Crippen LogP contribution in [0.15, 0.2) is 88.8 Å². The highest BCUT2D eigenvalue weighted by molar-refractivity contribution is 9.10. The Hall–Kier alpha value is -3.98. The number of hydrogen-bond acceptors (Lipinski definition) is 6. The third-order valence-electron chi connectivity index (χ3n) is 5.63. The maximum absolute atomic E-state index is 13.5. The van der Waals surface area contributed by atoms with E-state index in [-0.39, 0.29) is 5.91 Å². The van der Waals surface area contributed by atoms with E-state index in [0.29, 0.717) is 35.3 Å². The summed E-state index contributed by atoms with van der Waals surface area (Å²) >= 11 is 3.50. The van der Waals surface area contributed by atoms with Crippen LogP contribution in [0, 0.1) is 0 Å². The Morgan fingerprint density at radius 3 is 2.60 bits per heavy atom. The zero-order valence-electron chi connectivity index (χ0n) is 19.2. The fraction of sp³-hybridized carbons (Fsp3) is 0.154. The molecule has 8 nitrogen and oxygen atoms in total. The average molecular weight is 531 g/mol. The number of pyridine rings is 1. The van der Waals surface area contributed by atoms with Crippen LogP contribution < -0.4 is 15.4 Å². The van der Waals surface area contributed by atoms with Crippen LogP contribution in [0.3, 0.4) is 0 Å². The van der Waals surface area contributed by atoms with E-state index in [4.69, 9.17) is 14.8 Å². The summed E-state index contributed by atoms with van der Waals surface area (Å²) in [5, 5.41) is 11.0. The molecule has 2 N–H and O–H groups in total. The third-order valence-corrected chi connectivity index (χ3v) is 6.15. The highest BCUT2D eigenvalue weighted by Gasteiger charge is 2.34. The topological polar surface area (TPSA) is 94.0 Å². The zero-order chi connectivity index (χ0) is 24.4. The van der Waals surface area contributed by atoms with Crippen molar-refractivity contribution < 1.29 is 9.53 Å². The number of anilines is 2. The standard InChI is InChI=1S/C26H23BrN6O2/c1-3-35-21-12-8-18(9-13-21)24-31-26-29-16(2)22(25(34)30-20-5-4-14-28-15-20)23(33(26)32-24)17-6-10-19(27)11-7-17/h4-15,23H,3H2,1-2H3,(H,30,34)(H,29,31,32). The largest absolute Gasteiger partial charge is 0.494 e. The van der Waals surface area contributed by atoms with Crippen LogP contribution in [0.4, 0.5) is 11.6 Å². The Morgan fingerprint density at radius 2 is 1.91 bits per heavy atom. The van der Waals surface area contributed by atoms with Crippen LogP contribution in [0.1, 0.15) is 25.5 Å². The normalized spacial score (nSPS) is 14.8. The minimum absolute atomic E-state index is 0.236. The van der Waals surface area contributed by atoms with Crippen molar-refractivity contribution >= 4 is 33.5 Å². The number of nitrogens with one attached hydrogen (secondary N) is 2. The molecule has 1 aliphatic rings. The van der Waals surface area contributed by atoms with Gasteiger partial charge in [0.25, 0.3) is 5.91 Å². The quantitative estimate of drug-likeness (QED) is 0.345. The lowest BCUT2D eigenvalue weighted by Crippen LogP contribution is -2.31. The Balaban J connectivity index is 1.56.